The van der Waals surface area contributed by atoms with Crippen molar-refractivity contribution in [3.05, 3.63) is 35.6 Å². The molecule has 1 fully saturated rings. The first kappa shape index (κ1) is 17.7. The molecule has 0 aromatic heterocycles. The van der Waals surface area contributed by atoms with E-state index in [-0.39, 0.29) is 5.82 Å². The van der Waals surface area contributed by atoms with Crippen molar-refractivity contribution >= 4 is 5.96 Å². The third kappa shape index (κ3) is 5.48. The fourth-order valence-corrected chi connectivity index (χ4v) is 2.67. The van der Waals surface area contributed by atoms with E-state index in [9.17, 15) is 4.39 Å². The monoisotopic (exact) mass is 321 g/mol. The summed E-state index contributed by atoms with van der Waals surface area (Å²) in [4.78, 5) is 9.21. The highest BCUT2D eigenvalue weighted by molar-refractivity contribution is 5.79. The number of likely N-dealkylation sites (N-methyl/N-ethyl adjacent to an activating group) is 2. The lowest BCUT2D eigenvalue weighted by atomic mass is 10.2. The van der Waals surface area contributed by atoms with Crippen LogP contribution in [0.5, 0.6) is 0 Å². The number of nitrogens with one attached hydrogen (secondary N) is 2. The van der Waals surface area contributed by atoms with E-state index in [2.05, 4.69) is 39.5 Å². The van der Waals surface area contributed by atoms with Crippen LogP contribution in [0.3, 0.4) is 0 Å². The Morgan fingerprint density at radius 3 is 2.78 bits per heavy atom. The zero-order chi connectivity index (χ0) is 16.7. The van der Waals surface area contributed by atoms with E-state index < -0.39 is 0 Å². The van der Waals surface area contributed by atoms with Crippen molar-refractivity contribution < 1.29 is 4.39 Å². The van der Waals surface area contributed by atoms with Gasteiger partial charge < -0.3 is 15.5 Å². The molecule has 0 spiro atoms. The van der Waals surface area contributed by atoms with Gasteiger partial charge in [-0.25, -0.2) is 9.38 Å². The highest BCUT2D eigenvalue weighted by Gasteiger charge is 2.21. The van der Waals surface area contributed by atoms with Crippen LogP contribution in [0.2, 0.25) is 0 Å². The number of benzene rings is 1. The first-order chi connectivity index (χ1) is 11.1. The molecule has 1 unspecified atom stereocenters. The molecule has 1 aliphatic heterocycles. The van der Waals surface area contributed by atoms with Crippen molar-refractivity contribution in [1.82, 2.24) is 20.4 Å². The van der Waals surface area contributed by atoms with Gasteiger partial charge >= 0.3 is 0 Å². The quantitative estimate of drug-likeness (QED) is 0.630. The average Bonchev–Trinajstić information content (AvgIpc) is 2.54. The molecule has 0 radical (unpaired) electrons. The van der Waals surface area contributed by atoms with E-state index in [1.165, 1.54) is 6.07 Å². The first-order valence-electron chi connectivity index (χ1n) is 8.24. The van der Waals surface area contributed by atoms with Crippen LogP contribution in [-0.2, 0) is 6.54 Å². The van der Waals surface area contributed by atoms with Crippen LogP contribution < -0.4 is 10.6 Å². The summed E-state index contributed by atoms with van der Waals surface area (Å²) in [5, 5.41) is 6.60. The van der Waals surface area contributed by atoms with Crippen LogP contribution in [0.1, 0.15) is 12.5 Å². The normalized spacial score (nSPS) is 20.5. The van der Waals surface area contributed by atoms with Gasteiger partial charge in [0.05, 0.1) is 6.54 Å². The molecule has 5 nitrogen and oxygen atoms in total. The largest absolute Gasteiger partial charge is 0.357 e. The van der Waals surface area contributed by atoms with Crippen LogP contribution in [0.15, 0.2) is 29.3 Å². The molecule has 0 bridgehead atoms. The summed E-state index contributed by atoms with van der Waals surface area (Å²) in [6.45, 7) is 7.19. The molecular formula is C17H28FN5. The number of hydrogen-bond acceptors (Lipinski definition) is 3. The lowest BCUT2D eigenvalue weighted by molar-refractivity contribution is 0.116. The molecular weight excluding hydrogens is 293 g/mol. The highest BCUT2D eigenvalue weighted by atomic mass is 19.1. The van der Waals surface area contributed by atoms with Crippen molar-refractivity contribution in [3.8, 4) is 0 Å². The molecule has 1 aromatic rings. The minimum atomic E-state index is -0.208. The average molecular weight is 321 g/mol. The predicted octanol–water partition coefficient (Wildman–Crippen LogP) is 1.13. The molecule has 0 aliphatic carbocycles. The lowest BCUT2D eigenvalue weighted by Crippen LogP contribution is -2.55. The summed E-state index contributed by atoms with van der Waals surface area (Å²) in [5.74, 6) is 0.526. The number of piperazine rings is 1. The van der Waals surface area contributed by atoms with Gasteiger partial charge in [-0.3, -0.25) is 4.90 Å². The van der Waals surface area contributed by atoms with Crippen LogP contribution in [0, 0.1) is 5.82 Å². The maximum atomic E-state index is 13.7. The zero-order valence-corrected chi connectivity index (χ0v) is 14.3. The van der Waals surface area contributed by atoms with Gasteiger partial charge in [-0.15, -0.1) is 0 Å². The molecule has 1 atom stereocenters. The molecule has 23 heavy (non-hydrogen) atoms. The number of rotatable bonds is 5. The van der Waals surface area contributed by atoms with Gasteiger partial charge in [0.2, 0.25) is 0 Å². The molecule has 2 N–H and O–H groups in total. The number of nitrogens with zero attached hydrogens (tertiary/aromatic N) is 3. The van der Waals surface area contributed by atoms with Gasteiger partial charge in [0.15, 0.2) is 5.96 Å². The fourth-order valence-electron chi connectivity index (χ4n) is 2.67. The maximum absolute atomic E-state index is 13.7. The first-order valence-corrected chi connectivity index (χ1v) is 8.24. The fraction of sp³-hybridized carbons (Fsp3) is 0.588. The second-order valence-electron chi connectivity index (χ2n) is 6.06. The maximum Gasteiger partial charge on any atom is 0.191 e. The Balaban J connectivity index is 1.92. The molecule has 1 saturated heterocycles. The zero-order valence-electron chi connectivity index (χ0n) is 14.3. The lowest BCUT2D eigenvalue weighted by Gasteiger charge is -2.37. The van der Waals surface area contributed by atoms with Crippen LogP contribution >= 0.6 is 0 Å². The van der Waals surface area contributed by atoms with E-state index in [0.717, 1.165) is 38.7 Å². The molecule has 0 amide bonds. The van der Waals surface area contributed by atoms with Crippen molar-refractivity contribution in [2.24, 2.45) is 4.99 Å². The van der Waals surface area contributed by atoms with Gasteiger partial charge in [0.25, 0.3) is 0 Å². The minimum absolute atomic E-state index is 0.208. The van der Waals surface area contributed by atoms with Crippen molar-refractivity contribution in [2.45, 2.75) is 19.5 Å². The second kappa shape index (κ2) is 8.84. The van der Waals surface area contributed by atoms with Crippen molar-refractivity contribution in [3.63, 3.8) is 0 Å². The summed E-state index contributed by atoms with van der Waals surface area (Å²) >= 11 is 0. The third-order valence-electron chi connectivity index (χ3n) is 4.19. The Morgan fingerprint density at radius 1 is 1.26 bits per heavy atom. The summed E-state index contributed by atoms with van der Waals surface area (Å²) in [5.41, 5.74) is 0.610. The number of hydrogen-bond donors (Lipinski definition) is 2. The Morgan fingerprint density at radius 2 is 2.04 bits per heavy atom. The molecule has 128 valence electrons. The Labute approximate surface area is 138 Å². The van der Waals surface area contributed by atoms with Crippen LogP contribution in [0.4, 0.5) is 4.39 Å². The smallest absolute Gasteiger partial charge is 0.191 e. The van der Waals surface area contributed by atoms with Crippen molar-refractivity contribution in [2.75, 3.05) is 46.8 Å². The summed E-state index contributed by atoms with van der Waals surface area (Å²) in [6.07, 6.45) is 0. The van der Waals surface area contributed by atoms with E-state index in [1.807, 2.05) is 13.0 Å². The number of guanidine groups is 1. The van der Waals surface area contributed by atoms with E-state index >= 15 is 0 Å². The van der Waals surface area contributed by atoms with E-state index in [1.54, 1.807) is 12.1 Å². The molecule has 1 aromatic carbocycles. The molecule has 1 heterocycles. The summed E-state index contributed by atoms with van der Waals surface area (Å²) in [6, 6.07) is 7.22. The predicted molar refractivity (Wildman–Crippen MR) is 93.1 cm³/mol. The summed E-state index contributed by atoms with van der Waals surface area (Å²) < 4.78 is 13.7. The number of halogens is 1. The Hall–Kier alpha value is -1.66. The molecule has 0 saturated carbocycles. The topological polar surface area (TPSA) is 42.9 Å². The Bertz CT molecular complexity index is 519. The van der Waals surface area contributed by atoms with Gasteiger partial charge in [0, 0.05) is 44.3 Å². The van der Waals surface area contributed by atoms with E-state index in [0.29, 0.717) is 18.2 Å². The van der Waals surface area contributed by atoms with Gasteiger partial charge in [-0.1, -0.05) is 18.2 Å². The van der Waals surface area contributed by atoms with Gasteiger partial charge in [0.1, 0.15) is 5.82 Å². The van der Waals surface area contributed by atoms with Crippen LogP contribution in [0.25, 0.3) is 0 Å². The summed E-state index contributed by atoms with van der Waals surface area (Å²) in [7, 11) is 4.31. The standard InChI is InChI=1S/C17H28FN5/c1-4-19-17(20-11-14-7-5-6-8-16(14)18)21-12-15-13-22(2)9-10-23(15)3/h5-8,15H,4,9-13H2,1-3H3,(H2,19,20,21). The van der Waals surface area contributed by atoms with Gasteiger partial charge in [-0.2, -0.15) is 0 Å². The number of aliphatic imine (C=N–C) groups is 1. The van der Waals surface area contributed by atoms with Crippen molar-refractivity contribution in [1.29, 1.82) is 0 Å². The SMILES string of the molecule is CCNC(=NCc1ccccc1F)NCC1CN(C)CCN1C. The Kier molecular flexibility index (Phi) is 6.80. The second-order valence-corrected chi connectivity index (χ2v) is 6.06. The van der Waals surface area contributed by atoms with Crippen LogP contribution in [-0.4, -0.2) is 68.6 Å². The molecule has 2 rings (SSSR count). The highest BCUT2D eigenvalue weighted by Crippen LogP contribution is 2.07. The van der Waals surface area contributed by atoms with E-state index in [4.69, 9.17) is 0 Å². The minimum Gasteiger partial charge on any atom is -0.357 e. The third-order valence-corrected chi connectivity index (χ3v) is 4.19. The molecule has 6 heteroatoms. The van der Waals surface area contributed by atoms with Gasteiger partial charge in [-0.05, 0) is 27.1 Å². The molecule has 1 aliphatic rings.